The van der Waals surface area contributed by atoms with Crippen molar-refractivity contribution >= 4 is 5.91 Å². The van der Waals surface area contributed by atoms with Gasteiger partial charge in [0.15, 0.2) is 0 Å². The molecule has 0 radical (unpaired) electrons. The van der Waals surface area contributed by atoms with Crippen molar-refractivity contribution in [2.24, 2.45) is 0 Å². The molecule has 1 amide bonds. The molecule has 0 spiro atoms. The zero-order chi connectivity index (χ0) is 15.0. The van der Waals surface area contributed by atoms with Crippen LogP contribution in [0.15, 0.2) is 12.4 Å². The highest BCUT2D eigenvalue weighted by atomic mass is 16.2. The predicted octanol–water partition coefficient (Wildman–Crippen LogP) is 1.87. The number of aromatic nitrogens is 4. The third-order valence-corrected chi connectivity index (χ3v) is 4.09. The van der Waals surface area contributed by atoms with Gasteiger partial charge in [-0.25, -0.2) is 4.98 Å². The molecule has 1 saturated heterocycles. The molecule has 1 atom stereocenters. The van der Waals surface area contributed by atoms with Crippen molar-refractivity contribution in [1.29, 1.82) is 0 Å². The van der Waals surface area contributed by atoms with Crippen LogP contribution in [0.25, 0.3) is 0 Å². The Kier molecular flexibility index (Phi) is 3.53. The van der Waals surface area contributed by atoms with E-state index in [9.17, 15) is 4.79 Å². The fraction of sp³-hybridized carbons (Fsp3) is 0.533. The molecule has 3 heterocycles. The van der Waals surface area contributed by atoms with E-state index in [2.05, 4.69) is 15.1 Å². The first-order valence-electron chi connectivity index (χ1n) is 7.43. The minimum absolute atomic E-state index is 0.0815. The lowest BCUT2D eigenvalue weighted by Crippen LogP contribution is -2.28. The van der Waals surface area contributed by atoms with Crippen molar-refractivity contribution in [3.8, 4) is 0 Å². The molecule has 0 unspecified atom stereocenters. The van der Waals surface area contributed by atoms with Crippen molar-refractivity contribution in [2.45, 2.75) is 39.7 Å². The molecule has 21 heavy (non-hydrogen) atoms. The Morgan fingerprint density at radius 1 is 1.48 bits per heavy atom. The zero-order valence-electron chi connectivity index (χ0n) is 12.8. The number of nitrogens with one attached hydrogen (secondary N) is 1. The van der Waals surface area contributed by atoms with Crippen molar-refractivity contribution < 1.29 is 4.79 Å². The van der Waals surface area contributed by atoms with E-state index in [-0.39, 0.29) is 5.91 Å². The summed E-state index contributed by atoms with van der Waals surface area (Å²) in [7, 11) is 0. The quantitative estimate of drug-likeness (QED) is 0.937. The molecule has 0 bridgehead atoms. The normalized spacial score (nSPS) is 18.4. The highest BCUT2D eigenvalue weighted by Crippen LogP contribution is 2.26. The smallest absolute Gasteiger partial charge is 0.257 e. The molecule has 1 aliphatic heterocycles. The van der Waals surface area contributed by atoms with Crippen LogP contribution in [-0.4, -0.2) is 43.6 Å². The number of rotatable bonds is 3. The summed E-state index contributed by atoms with van der Waals surface area (Å²) in [6, 6.07) is 0. The first kappa shape index (κ1) is 13.9. The number of likely N-dealkylation sites (tertiary alicyclic amines) is 1. The van der Waals surface area contributed by atoms with Gasteiger partial charge in [0.2, 0.25) is 0 Å². The molecular formula is C15H21N5O. The summed E-state index contributed by atoms with van der Waals surface area (Å²) in [5.41, 5.74) is 2.59. The van der Waals surface area contributed by atoms with Crippen molar-refractivity contribution in [1.82, 2.24) is 24.6 Å². The van der Waals surface area contributed by atoms with E-state index >= 15 is 0 Å². The maximum atomic E-state index is 12.6. The largest absolute Gasteiger partial charge is 0.346 e. The first-order valence-corrected chi connectivity index (χ1v) is 7.43. The van der Waals surface area contributed by atoms with Gasteiger partial charge in [0, 0.05) is 43.6 Å². The lowest BCUT2D eigenvalue weighted by molar-refractivity contribution is 0.0790. The van der Waals surface area contributed by atoms with Gasteiger partial charge in [-0.05, 0) is 27.2 Å². The highest BCUT2D eigenvalue weighted by molar-refractivity contribution is 5.95. The molecule has 3 rings (SSSR count). The maximum absolute atomic E-state index is 12.6. The molecule has 6 nitrogen and oxygen atoms in total. The van der Waals surface area contributed by atoms with E-state index in [0.29, 0.717) is 11.5 Å². The number of amides is 1. The fourth-order valence-corrected chi connectivity index (χ4v) is 2.87. The summed E-state index contributed by atoms with van der Waals surface area (Å²) in [4.78, 5) is 22.2. The van der Waals surface area contributed by atoms with Crippen LogP contribution in [0.1, 0.15) is 46.8 Å². The minimum atomic E-state index is 0.0815. The Labute approximate surface area is 124 Å². The van der Waals surface area contributed by atoms with E-state index < -0.39 is 0 Å². The number of imidazole rings is 1. The number of aryl methyl sites for hydroxylation is 3. The molecule has 0 saturated carbocycles. The van der Waals surface area contributed by atoms with E-state index in [1.54, 1.807) is 0 Å². The number of nitrogens with zero attached hydrogens (tertiary/aromatic N) is 4. The van der Waals surface area contributed by atoms with Gasteiger partial charge >= 0.3 is 0 Å². The van der Waals surface area contributed by atoms with Gasteiger partial charge in [0.1, 0.15) is 5.82 Å². The predicted molar refractivity (Wildman–Crippen MR) is 79.2 cm³/mol. The molecular weight excluding hydrogens is 266 g/mol. The van der Waals surface area contributed by atoms with Gasteiger partial charge in [-0.3, -0.25) is 9.48 Å². The number of aromatic amines is 1. The van der Waals surface area contributed by atoms with E-state index in [1.807, 2.05) is 42.7 Å². The van der Waals surface area contributed by atoms with Gasteiger partial charge in [-0.1, -0.05) is 0 Å². The summed E-state index contributed by atoms with van der Waals surface area (Å²) in [5, 5.41) is 4.35. The Balaban J connectivity index is 1.73. The molecule has 112 valence electrons. The second-order valence-corrected chi connectivity index (χ2v) is 5.67. The fourth-order valence-electron chi connectivity index (χ4n) is 2.87. The molecule has 1 fully saturated rings. The molecule has 0 aliphatic carbocycles. The number of carbonyl (C=O) groups is 1. The third kappa shape index (κ3) is 2.57. The molecule has 2 aromatic rings. The van der Waals surface area contributed by atoms with Gasteiger partial charge < -0.3 is 9.88 Å². The Morgan fingerprint density at radius 2 is 2.29 bits per heavy atom. The summed E-state index contributed by atoms with van der Waals surface area (Å²) in [6.07, 6.45) is 4.65. The molecule has 0 aromatic carbocycles. The average Bonchev–Trinajstić information content (AvgIpc) is 3.16. The molecule has 6 heteroatoms. The van der Waals surface area contributed by atoms with E-state index in [1.165, 1.54) is 0 Å². The van der Waals surface area contributed by atoms with Crippen LogP contribution < -0.4 is 0 Å². The maximum Gasteiger partial charge on any atom is 0.257 e. The topological polar surface area (TPSA) is 66.8 Å². The number of hydrogen-bond donors (Lipinski definition) is 1. The van der Waals surface area contributed by atoms with Gasteiger partial charge in [0.25, 0.3) is 5.91 Å². The Bertz CT molecular complexity index is 657. The van der Waals surface area contributed by atoms with Crippen LogP contribution in [0.2, 0.25) is 0 Å². The van der Waals surface area contributed by atoms with Gasteiger partial charge in [-0.15, -0.1) is 0 Å². The molecule has 2 aromatic heterocycles. The standard InChI is InChI=1S/C15H21N5O/c1-4-20-9-13(11(3)18-20)15(21)19-6-5-12(8-19)14-16-7-10(2)17-14/h7,9,12H,4-6,8H2,1-3H3,(H,16,17)/t12-/m1/s1. The SMILES string of the molecule is CCn1cc(C(=O)N2CC[C@@H](c3ncc(C)[nH]3)C2)c(C)n1. The summed E-state index contributed by atoms with van der Waals surface area (Å²) in [5.74, 6) is 1.38. The van der Waals surface area contributed by atoms with Crippen molar-refractivity contribution in [3.63, 3.8) is 0 Å². The molecule has 1 N–H and O–H groups in total. The second kappa shape index (κ2) is 5.35. The zero-order valence-corrected chi connectivity index (χ0v) is 12.8. The second-order valence-electron chi connectivity index (χ2n) is 5.67. The van der Waals surface area contributed by atoms with Crippen LogP contribution in [0.5, 0.6) is 0 Å². The lowest BCUT2D eigenvalue weighted by atomic mass is 10.1. The summed E-state index contributed by atoms with van der Waals surface area (Å²) in [6.45, 7) is 8.19. The number of H-pyrrole nitrogens is 1. The van der Waals surface area contributed by atoms with Crippen LogP contribution in [0.3, 0.4) is 0 Å². The number of carbonyl (C=O) groups excluding carboxylic acids is 1. The van der Waals surface area contributed by atoms with Crippen molar-refractivity contribution in [2.75, 3.05) is 13.1 Å². The summed E-state index contributed by atoms with van der Waals surface area (Å²) >= 11 is 0. The van der Waals surface area contributed by atoms with Crippen LogP contribution in [0, 0.1) is 13.8 Å². The Hall–Kier alpha value is -2.11. The number of hydrogen-bond acceptors (Lipinski definition) is 3. The lowest BCUT2D eigenvalue weighted by Gasteiger charge is -2.15. The minimum Gasteiger partial charge on any atom is -0.346 e. The van der Waals surface area contributed by atoms with E-state index in [4.69, 9.17) is 0 Å². The Morgan fingerprint density at radius 3 is 2.90 bits per heavy atom. The average molecular weight is 287 g/mol. The van der Waals surface area contributed by atoms with Crippen molar-refractivity contribution in [3.05, 3.63) is 35.2 Å². The van der Waals surface area contributed by atoms with Crippen LogP contribution in [0.4, 0.5) is 0 Å². The summed E-state index contributed by atoms with van der Waals surface area (Å²) < 4.78 is 1.81. The van der Waals surface area contributed by atoms with E-state index in [0.717, 1.165) is 43.3 Å². The van der Waals surface area contributed by atoms with Crippen LogP contribution in [-0.2, 0) is 6.54 Å². The van der Waals surface area contributed by atoms with Gasteiger partial charge in [0.05, 0.1) is 11.3 Å². The third-order valence-electron chi connectivity index (χ3n) is 4.09. The first-order chi connectivity index (χ1) is 10.1. The molecule has 1 aliphatic rings. The van der Waals surface area contributed by atoms with Gasteiger partial charge in [-0.2, -0.15) is 5.10 Å². The monoisotopic (exact) mass is 287 g/mol. The highest BCUT2D eigenvalue weighted by Gasteiger charge is 2.30. The van der Waals surface area contributed by atoms with Crippen LogP contribution >= 0.6 is 0 Å².